The number of hydrogen-bond donors (Lipinski definition) is 3. The predicted octanol–water partition coefficient (Wildman–Crippen LogP) is 1.64. The Morgan fingerprint density at radius 3 is 2.84 bits per heavy atom. The van der Waals surface area contributed by atoms with Gasteiger partial charge in [0, 0.05) is 23.0 Å². The summed E-state index contributed by atoms with van der Waals surface area (Å²) in [7, 11) is 1.61. The molecule has 4 N–H and O–H groups in total. The number of aromatic nitrogens is 1. The first-order chi connectivity index (χ1) is 8.96. The summed E-state index contributed by atoms with van der Waals surface area (Å²) < 4.78 is 5.27. The van der Waals surface area contributed by atoms with Gasteiger partial charge in [-0.05, 0) is 32.0 Å². The molecule has 1 aromatic heterocycles. The van der Waals surface area contributed by atoms with E-state index in [1.165, 1.54) is 0 Å². The molecule has 0 atom stereocenters. The van der Waals surface area contributed by atoms with Crippen molar-refractivity contribution in [3.8, 4) is 5.75 Å². The van der Waals surface area contributed by atoms with Crippen molar-refractivity contribution in [2.75, 3.05) is 13.7 Å². The molecule has 2 rings (SSSR count). The Morgan fingerprint density at radius 1 is 1.47 bits per heavy atom. The van der Waals surface area contributed by atoms with Gasteiger partial charge in [-0.1, -0.05) is 6.07 Å². The van der Waals surface area contributed by atoms with E-state index in [4.69, 9.17) is 10.5 Å². The highest BCUT2D eigenvalue weighted by Gasteiger charge is 2.20. The van der Waals surface area contributed by atoms with Crippen LogP contribution in [0.4, 0.5) is 0 Å². The Bertz CT molecular complexity index is 602. The van der Waals surface area contributed by atoms with Crippen molar-refractivity contribution >= 4 is 16.8 Å². The third kappa shape index (κ3) is 2.71. The van der Waals surface area contributed by atoms with Gasteiger partial charge in [-0.2, -0.15) is 0 Å². The molecule has 5 heteroatoms. The van der Waals surface area contributed by atoms with E-state index in [2.05, 4.69) is 10.3 Å². The van der Waals surface area contributed by atoms with Crippen molar-refractivity contribution in [1.29, 1.82) is 0 Å². The first-order valence-corrected chi connectivity index (χ1v) is 6.15. The number of aromatic amines is 1. The lowest BCUT2D eigenvalue weighted by molar-refractivity contribution is 0.0911. The topological polar surface area (TPSA) is 80.1 Å². The van der Waals surface area contributed by atoms with Crippen LogP contribution in [0.15, 0.2) is 24.3 Å². The second kappa shape index (κ2) is 4.93. The molecule has 102 valence electrons. The van der Waals surface area contributed by atoms with Crippen molar-refractivity contribution in [2.45, 2.75) is 19.4 Å². The SMILES string of the molecule is COc1cccc2[nH]c(C(=O)NC(C)(C)CN)cc12. The molecule has 19 heavy (non-hydrogen) atoms. The molecular formula is C14H19N3O2. The van der Waals surface area contributed by atoms with Gasteiger partial charge in [0.2, 0.25) is 0 Å². The number of methoxy groups -OCH3 is 1. The predicted molar refractivity (Wildman–Crippen MR) is 75.5 cm³/mol. The molecule has 1 amide bonds. The number of carbonyl (C=O) groups excluding carboxylic acids is 1. The number of hydrogen-bond acceptors (Lipinski definition) is 3. The lowest BCUT2D eigenvalue weighted by atomic mass is 10.1. The number of benzene rings is 1. The Hall–Kier alpha value is -2.01. The van der Waals surface area contributed by atoms with E-state index in [1.807, 2.05) is 32.0 Å². The quantitative estimate of drug-likeness (QED) is 0.782. The fourth-order valence-corrected chi connectivity index (χ4v) is 1.85. The molecule has 0 bridgehead atoms. The smallest absolute Gasteiger partial charge is 0.268 e. The summed E-state index contributed by atoms with van der Waals surface area (Å²) in [5, 5.41) is 3.77. The minimum absolute atomic E-state index is 0.172. The molecule has 1 heterocycles. The second-order valence-electron chi connectivity index (χ2n) is 5.15. The van der Waals surface area contributed by atoms with Crippen molar-refractivity contribution in [1.82, 2.24) is 10.3 Å². The Balaban J connectivity index is 2.34. The number of ether oxygens (including phenoxy) is 1. The van der Waals surface area contributed by atoms with Gasteiger partial charge in [0.1, 0.15) is 11.4 Å². The van der Waals surface area contributed by atoms with Crippen LogP contribution in [0, 0.1) is 0 Å². The number of nitrogens with one attached hydrogen (secondary N) is 2. The lowest BCUT2D eigenvalue weighted by Crippen LogP contribution is -2.48. The Labute approximate surface area is 112 Å². The van der Waals surface area contributed by atoms with E-state index >= 15 is 0 Å². The van der Waals surface area contributed by atoms with Crippen LogP contribution in [0.5, 0.6) is 5.75 Å². The maximum atomic E-state index is 12.1. The molecule has 1 aromatic carbocycles. The highest BCUT2D eigenvalue weighted by Crippen LogP contribution is 2.26. The average molecular weight is 261 g/mol. The monoisotopic (exact) mass is 261 g/mol. The van der Waals surface area contributed by atoms with Crippen LogP contribution in [0.3, 0.4) is 0 Å². The maximum absolute atomic E-state index is 12.1. The van der Waals surface area contributed by atoms with Crippen molar-refractivity contribution in [2.24, 2.45) is 5.73 Å². The van der Waals surface area contributed by atoms with Crippen LogP contribution in [0.25, 0.3) is 10.9 Å². The fourth-order valence-electron chi connectivity index (χ4n) is 1.85. The molecule has 0 radical (unpaired) electrons. The van der Waals surface area contributed by atoms with E-state index in [0.717, 1.165) is 16.7 Å². The standard InChI is InChI=1S/C14H19N3O2/c1-14(2,8-15)17-13(18)11-7-9-10(16-11)5-4-6-12(9)19-3/h4-7,16H,8,15H2,1-3H3,(H,17,18). The van der Waals surface area contributed by atoms with Crippen molar-refractivity contribution in [3.63, 3.8) is 0 Å². The summed E-state index contributed by atoms with van der Waals surface area (Å²) in [5.41, 5.74) is 6.55. The highest BCUT2D eigenvalue weighted by atomic mass is 16.5. The van der Waals surface area contributed by atoms with Gasteiger partial charge in [0.15, 0.2) is 0 Å². The second-order valence-corrected chi connectivity index (χ2v) is 5.15. The molecular weight excluding hydrogens is 242 g/mol. The summed E-state index contributed by atoms with van der Waals surface area (Å²) in [4.78, 5) is 15.2. The maximum Gasteiger partial charge on any atom is 0.268 e. The van der Waals surface area contributed by atoms with Crippen LogP contribution in [-0.2, 0) is 0 Å². The van der Waals surface area contributed by atoms with Gasteiger partial charge in [-0.25, -0.2) is 0 Å². The fraction of sp³-hybridized carbons (Fsp3) is 0.357. The Morgan fingerprint density at radius 2 is 2.21 bits per heavy atom. The summed E-state index contributed by atoms with van der Waals surface area (Å²) >= 11 is 0. The first kappa shape index (κ1) is 13.4. The largest absolute Gasteiger partial charge is 0.496 e. The highest BCUT2D eigenvalue weighted by molar-refractivity contribution is 5.99. The van der Waals surface area contributed by atoms with E-state index in [-0.39, 0.29) is 5.91 Å². The number of carbonyl (C=O) groups is 1. The van der Waals surface area contributed by atoms with Crippen LogP contribution in [-0.4, -0.2) is 30.1 Å². The number of H-pyrrole nitrogens is 1. The third-order valence-corrected chi connectivity index (χ3v) is 3.05. The number of amides is 1. The van der Waals surface area contributed by atoms with E-state index in [0.29, 0.717) is 12.2 Å². The molecule has 0 aliphatic rings. The van der Waals surface area contributed by atoms with Crippen LogP contribution < -0.4 is 15.8 Å². The molecule has 0 fully saturated rings. The van der Waals surface area contributed by atoms with E-state index in [1.54, 1.807) is 13.2 Å². The van der Waals surface area contributed by atoms with Gasteiger partial charge in [-0.3, -0.25) is 4.79 Å². The number of nitrogens with two attached hydrogens (primary N) is 1. The number of fused-ring (bicyclic) bond motifs is 1. The summed E-state index contributed by atoms with van der Waals surface area (Å²) in [6.07, 6.45) is 0. The normalized spacial score (nSPS) is 11.6. The minimum atomic E-state index is -0.432. The van der Waals surface area contributed by atoms with Gasteiger partial charge >= 0.3 is 0 Å². The molecule has 0 aliphatic carbocycles. The molecule has 0 saturated heterocycles. The van der Waals surface area contributed by atoms with Gasteiger partial charge in [0.25, 0.3) is 5.91 Å². The molecule has 0 unspecified atom stereocenters. The van der Waals surface area contributed by atoms with E-state index < -0.39 is 5.54 Å². The molecule has 0 spiro atoms. The van der Waals surface area contributed by atoms with Crippen LogP contribution in [0.2, 0.25) is 0 Å². The minimum Gasteiger partial charge on any atom is -0.496 e. The number of rotatable bonds is 4. The van der Waals surface area contributed by atoms with Crippen LogP contribution in [0.1, 0.15) is 24.3 Å². The zero-order valence-corrected chi connectivity index (χ0v) is 11.4. The zero-order valence-electron chi connectivity index (χ0n) is 11.4. The molecule has 0 aliphatic heterocycles. The van der Waals surface area contributed by atoms with Crippen molar-refractivity contribution in [3.05, 3.63) is 30.0 Å². The average Bonchev–Trinajstić information content (AvgIpc) is 2.82. The summed E-state index contributed by atoms with van der Waals surface area (Å²) in [5.74, 6) is 0.569. The molecule has 0 saturated carbocycles. The first-order valence-electron chi connectivity index (χ1n) is 6.15. The molecule has 5 nitrogen and oxygen atoms in total. The molecule has 2 aromatic rings. The third-order valence-electron chi connectivity index (χ3n) is 3.05. The Kier molecular flexibility index (Phi) is 3.48. The lowest BCUT2D eigenvalue weighted by Gasteiger charge is -2.23. The summed E-state index contributed by atoms with van der Waals surface area (Å²) in [6, 6.07) is 7.43. The van der Waals surface area contributed by atoms with Crippen molar-refractivity contribution < 1.29 is 9.53 Å². The van der Waals surface area contributed by atoms with Crippen LogP contribution >= 0.6 is 0 Å². The van der Waals surface area contributed by atoms with Gasteiger partial charge in [-0.15, -0.1) is 0 Å². The van der Waals surface area contributed by atoms with E-state index in [9.17, 15) is 4.79 Å². The van der Waals surface area contributed by atoms with Gasteiger partial charge in [0.05, 0.1) is 7.11 Å². The summed E-state index contributed by atoms with van der Waals surface area (Å²) in [6.45, 7) is 4.14. The zero-order chi connectivity index (χ0) is 14.0. The van der Waals surface area contributed by atoms with Gasteiger partial charge < -0.3 is 20.8 Å².